The normalized spacial score (nSPS) is 12.0. The average Bonchev–Trinajstić information content (AvgIpc) is 2.61. The minimum Gasteiger partial charge on any atom is -0.352 e. The van der Waals surface area contributed by atoms with Crippen LogP contribution in [0.25, 0.3) is 0 Å². The second-order valence-electron chi connectivity index (χ2n) is 6.90. The fourth-order valence-corrected chi connectivity index (χ4v) is 3.44. The molecule has 28 heavy (non-hydrogen) atoms. The van der Waals surface area contributed by atoms with Crippen LogP contribution in [-0.2, 0) is 22.6 Å². The Hall–Kier alpha value is -1.75. The maximum absolute atomic E-state index is 13.1. The topological polar surface area (TPSA) is 49.4 Å². The van der Waals surface area contributed by atoms with E-state index < -0.39 is 6.04 Å². The molecule has 0 aliphatic carbocycles. The smallest absolute Gasteiger partial charge is 0.242 e. The van der Waals surface area contributed by atoms with Gasteiger partial charge in [0.25, 0.3) is 0 Å². The molecular weight excluding hydrogens is 419 g/mol. The average molecular weight is 442 g/mol. The van der Waals surface area contributed by atoms with Crippen molar-refractivity contribution in [3.05, 3.63) is 68.7 Å². The molecule has 2 aromatic carbocycles. The standard InChI is InChI=1S/C21H23Cl3N2O2/c1-13(2)25-21(28)14(3)26(12-15-5-4-6-17(22)9-15)20(27)10-16-7-8-18(23)11-19(16)24/h4-9,11,13-14H,10,12H2,1-3H3,(H,25,28)/t14-/m1/s1. The van der Waals surface area contributed by atoms with Crippen LogP contribution in [0.3, 0.4) is 0 Å². The van der Waals surface area contributed by atoms with Gasteiger partial charge in [0.05, 0.1) is 6.42 Å². The molecule has 150 valence electrons. The van der Waals surface area contributed by atoms with Crippen LogP contribution < -0.4 is 5.32 Å². The number of rotatable bonds is 7. The first-order chi connectivity index (χ1) is 13.2. The predicted octanol–water partition coefficient (Wildman–Crippen LogP) is 5.13. The molecule has 1 atom stereocenters. The molecule has 2 rings (SSSR count). The first-order valence-corrected chi connectivity index (χ1v) is 10.1. The third kappa shape index (κ3) is 6.40. The Bertz CT molecular complexity index is 855. The molecular formula is C21H23Cl3N2O2. The van der Waals surface area contributed by atoms with Gasteiger partial charge in [0.1, 0.15) is 6.04 Å². The second kappa shape index (κ2) is 10.1. The molecule has 2 amide bonds. The number of carbonyl (C=O) groups excluding carboxylic acids is 2. The van der Waals surface area contributed by atoms with Crippen LogP contribution >= 0.6 is 34.8 Å². The lowest BCUT2D eigenvalue weighted by Gasteiger charge is -2.29. The van der Waals surface area contributed by atoms with E-state index >= 15 is 0 Å². The van der Waals surface area contributed by atoms with Crippen molar-refractivity contribution >= 4 is 46.6 Å². The van der Waals surface area contributed by atoms with E-state index in [1.807, 2.05) is 26.0 Å². The van der Waals surface area contributed by atoms with E-state index in [0.29, 0.717) is 20.6 Å². The van der Waals surface area contributed by atoms with Crippen LogP contribution in [0.2, 0.25) is 15.1 Å². The van der Waals surface area contributed by atoms with Gasteiger partial charge in [0.15, 0.2) is 0 Å². The monoisotopic (exact) mass is 440 g/mol. The molecule has 0 unspecified atom stereocenters. The predicted molar refractivity (Wildman–Crippen MR) is 115 cm³/mol. The lowest BCUT2D eigenvalue weighted by Crippen LogP contribution is -2.49. The van der Waals surface area contributed by atoms with E-state index in [4.69, 9.17) is 34.8 Å². The molecule has 0 aliphatic heterocycles. The Labute approximate surface area is 180 Å². The van der Waals surface area contributed by atoms with E-state index in [-0.39, 0.29) is 30.8 Å². The lowest BCUT2D eigenvalue weighted by atomic mass is 10.1. The molecule has 0 aromatic heterocycles. The molecule has 0 fully saturated rings. The van der Waals surface area contributed by atoms with E-state index in [1.54, 1.807) is 37.3 Å². The summed E-state index contributed by atoms with van der Waals surface area (Å²) in [6.45, 7) is 5.73. The van der Waals surface area contributed by atoms with Gasteiger partial charge >= 0.3 is 0 Å². The van der Waals surface area contributed by atoms with Crippen molar-refractivity contribution in [2.45, 2.75) is 45.8 Å². The first kappa shape index (κ1) is 22.5. The second-order valence-corrected chi connectivity index (χ2v) is 8.18. The van der Waals surface area contributed by atoms with E-state index in [2.05, 4.69) is 5.32 Å². The Kier molecular flexibility index (Phi) is 8.17. The van der Waals surface area contributed by atoms with Gasteiger partial charge in [0, 0.05) is 27.7 Å². The third-order valence-electron chi connectivity index (χ3n) is 4.20. The molecule has 0 bridgehead atoms. The Morgan fingerprint density at radius 2 is 1.68 bits per heavy atom. The van der Waals surface area contributed by atoms with Crippen LogP contribution in [-0.4, -0.2) is 28.8 Å². The lowest BCUT2D eigenvalue weighted by molar-refractivity contribution is -0.140. The molecule has 2 aromatic rings. The quantitative estimate of drug-likeness (QED) is 0.647. The SMILES string of the molecule is CC(C)NC(=O)[C@@H](C)N(Cc1cccc(Cl)c1)C(=O)Cc1ccc(Cl)cc1Cl. The van der Waals surface area contributed by atoms with Crippen LogP contribution in [0.15, 0.2) is 42.5 Å². The van der Waals surface area contributed by atoms with Crippen molar-refractivity contribution in [1.29, 1.82) is 0 Å². The molecule has 0 spiro atoms. The van der Waals surface area contributed by atoms with Crippen molar-refractivity contribution < 1.29 is 9.59 Å². The summed E-state index contributed by atoms with van der Waals surface area (Å²) in [6.07, 6.45) is 0.0653. The van der Waals surface area contributed by atoms with Crippen LogP contribution in [0.1, 0.15) is 31.9 Å². The number of hydrogen-bond donors (Lipinski definition) is 1. The fraction of sp³-hybridized carbons (Fsp3) is 0.333. The number of benzene rings is 2. The van der Waals surface area contributed by atoms with Gasteiger partial charge in [-0.2, -0.15) is 0 Å². The minimum absolute atomic E-state index is 0.0243. The first-order valence-electron chi connectivity index (χ1n) is 8.95. The molecule has 0 saturated carbocycles. The summed E-state index contributed by atoms with van der Waals surface area (Å²) in [5.41, 5.74) is 1.50. The van der Waals surface area contributed by atoms with Gasteiger partial charge in [-0.05, 0) is 56.2 Å². The van der Waals surface area contributed by atoms with Crippen LogP contribution in [0.4, 0.5) is 0 Å². The van der Waals surface area contributed by atoms with Crippen LogP contribution in [0.5, 0.6) is 0 Å². The van der Waals surface area contributed by atoms with Crippen molar-refractivity contribution in [3.8, 4) is 0 Å². The summed E-state index contributed by atoms with van der Waals surface area (Å²) < 4.78 is 0. The molecule has 4 nitrogen and oxygen atoms in total. The zero-order valence-electron chi connectivity index (χ0n) is 16.0. The maximum Gasteiger partial charge on any atom is 0.242 e. The minimum atomic E-state index is -0.653. The molecule has 0 aliphatic rings. The Morgan fingerprint density at radius 1 is 1.00 bits per heavy atom. The molecule has 7 heteroatoms. The number of amides is 2. The molecule has 0 radical (unpaired) electrons. The van der Waals surface area contributed by atoms with Crippen molar-refractivity contribution in [1.82, 2.24) is 10.2 Å². The number of halogens is 3. The number of nitrogens with zero attached hydrogens (tertiary/aromatic N) is 1. The van der Waals surface area contributed by atoms with Gasteiger partial charge in [-0.25, -0.2) is 0 Å². The largest absolute Gasteiger partial charge is 0.352 e. The molecule has 0 saturated heterocycles. The van der Waals surface area contributed by atoms with Gasteiger partial charge < -0.3 is 10.2 Å². The fourth-order valence-electron chi connectivity index (χ4n) is 2.75. The third-order valence-corrected chi connectivity index (χ3v) is 5.02. The molecule has 1 N–H and O–H groups in total. The summed E-state index contributed by atoms with van der Waals surface area (Å²) in [5.74, 6) is -0.428. The zero-order valence-corrected chi connectivity index (χ0v) is 18.3. The summed E-state index contributed by atoms with van der Waals surface area (Å²) in [7, 11) is 0. The summed E-state index contributed by atoms with van der Waals surface area (Å²) >= 11 is 18.2. The van der Waals surface area contributed by atoms with Gasteiger partial charge in [-0.3, -0.25) is 9.59 Å². The zero-order chi connectivity index (χ0) is 20.8. The number of nitrogens with one attached hydrogen (secondary N) is 1. The summed E-state index contributed by atoms with van der Waals surface area (Å²) in [4.78, 5) is 27.2. The van der Waals surface area contributed by atoms with Gasteiger partial charge in [-0.1, -0.05) is 53.0 Å². The Balaban J connectivity index is 2.27. The molecule has 0 heterocycles. The highest BCUT2D eigenvalue weighted by Crippen LogP contribution is 2.23. The van der Waals surface area contributed by atoms with Crippen molar-refractivity contribution in [2.24, 2.45) is 0 Å². The van der Waals surface area contributed by atoms with E-state index in [9.17, 15) is 9.59 Å². The number of carbonyl (C=O) groups is 2. The van der Waals surface area contributed by atoms with E-state index in [0.717, 1.165) is 5.56 Å². The maximum atomic E-state index is 13.1. The number of hydrogen-bond acceptors (Lipinski definition) is 2. The van der Waals surface area contributed by atoms with Crippen LogP contribution in [0, 0.1) is 0 Å². The highest BCUT2D eigenvalue weighted by Gasteiger charge is 2.27. The van der Waals surface area contributed by atoms with Gasteiger partial charge in [0.2, 0.25) is 11.8 Å². The Morgan fingerprint density at radius 3 is 2.29 bits per heavy atom. The van der Waals surface area contributed by atoms with Gasteiger partial charge in [-0.15, -0.1) is 0 Å². The summed E-state index contributed by atoms with van der Waals surface area (Å²) in [5, 5.41) is 4.35. The highest BCUT2D eigenvalue weighted by molar-refractivity contribution is 6.35. The summed E-state index contributed by atoms with van der Waals surface area (Å²) in [6, 6.07) is 11.6. The highest BCUT2D eigenvalue weighted by atomic mass is 35.5. The van der Waals surface area contributed by atoms with Crippen molar-refractivity contribution in [3.63, 3.8) is 0 Å². The van der Waals surface area contributed by atoms with E-state index in [1.165, 1.54) is 4.90 Å². The van der Waals surface area contributed by atoms with Crippen molar-refractivity contribution in [2.75, 3.05) is 0 Å².